The summed E-state index contributed by atoms with van der Waals surface area (Å²) in [6, 6.07) is 21.2. The van der Waals surface area contributed by atoms with Crippen molar-refractivity contribution < 1.29 is 4.74 Å². The monoisotopic (exact) mass is 330 g/mol. The molecule has 25 heavy (non-hydrogen) atoms. The molecule has 5 N–H and O–H groups in total. The zero-order chi connectivity index (χ0) is 17.8. The van der Waals surface area contributed by atoms with Gasteiger partial charge in [0.25, 0.3) is 0 Å². The predicted molar refractivity (Wildman–Crippen MR) is 96.2 cm³/mol. The molecule has 0 saturated heterocycles. The average Bonchev–Trinajstić information content (AvgIpc) is 2.62. The number of rotatable bonds is 4. The summed E-state index contributed by atoms with van der Waals surface area (Å²) < 4.78 is 5.36. The maximum absolute atomic E-state index is 9.57. The smallest absolute Gasteiger partial charge is 0.207 e. The maximum atomic E-state index is 9.57. The molecular weight excluding hydrogens is 312 g/mol. The van der Waals surface area contributed by atoms with E-state index in [1.165, 1.54) is 0 Å². The van der Waals surface area contributed by atoms with Crippen LogP contribution in [0.25, 0.3) is 0 Å². The van der Waals surface area contributed by atoms with Crippen LogP contribution in [0.5, 0.6) is 0 Å². The quantitative estimate of drug-likeness (QED) is 0.749. The Balaban J connectivity index is 2.04. The van der Waals surface area contributed by atoms with Crippen molar-refractivity contribution in [3.63, 3.8) is 0 Å². The number of ether oxygens (including phenoxy) is 1. The van der Waals surface area contributed by atoms with Crippen LogP contribution in [0, 0.1) is 16.7 Å². The summed E-state index contributed by atoms with van der Waals surface area (Å²) in [5, 5.41) is 18.1. The van der Waals surface area contributed by atoms with Gasteiger partial charge in [0.05, 0.1) is 5.92 Å². The zero-order valence-corrected chi connectivity index (χ0v) is 13.6. The highest BCUT2D eigenvalue weighted by Crippen LogP contribution is 2.38. The predicted octanol–water partition coefficient (Wildman–Crippen LogP) is 2.93. The summed E-state index contributed by atoms with van der Waals surface area (Å²) in [4.78, 5) is 0. The summed E-state index contributed by atoms with van der Waals surface area (Å²) in [7, 11) is 0. The van der Waals surface area contributed by atoms with Crippen molar-refractivity contribution >= 4 is 5.71 Å². The van der Waals surface area contributed by atoms with Crippen molar-refractivity contribution in [3.8, 4) is 6.07 Å². The van der Waals surface area contributed by atoms with Gasteiger partial charge in [0.15, 0.2) is 5.88 Å². The molecule has 1 atom stereocenters. The van der Waals surface area contributed by atoms with E-state index in [1.807, 2.05) is 60.7 Å². The third kappa shape index (κ3) is 3.24. The van der Waals surface area contributed by atoms with E-state index in [4.69, 9.17) is 21.6 Å². The van der Waals surface area contributed by atoms with Crippen molar-refractivity contribution in [2.24, 2.45) is 11.5 Å². The van der Waals surface area contributed by atoms with Crippen LogP contribution in [-0.2, 0) is 11.2 Å². The van der Waals surface area contributed by atoms with Crippen LogP contribution in [0.2, 0.25) is 0 Å². The molecule has 0 radical (unpaired) electrons. The van der Waals surface area contributed by atoms with Crippen LogP contribution in [0.4, 0.5) is 0 Å². The summed E-state index contributed by atoms with van der Waals surface area (Å²) in [6.07, 6.45) is 0.391. The summed E-state index contributed by atoms with van der Waals surface area (Å²) in [6.45, 7) is 0. The van der Waals surface area contributed by atoms with Crippen LogP contribution in [0.1, 0.15) is 17.0 Å². The highest BCUT2D eigenvalue weighted by molar-refractivity contribution is 6.02. The fourth-order valence-electron chi connectivity index (χ4n) is 2.97. The number of allylic oxidation sites excluding steroid dienone is 2. The van der Waals surface area contributed by atoms with Crippen LogP contribution in [0.15, 0.2) is 83.6 Å². The van der Waals surface area contributed by atoms with Crippen LogP contribution < -0.4 is 11.5 Å². The number of nitrogens with one attached hydrogen (secondary N) is 1. The number of hydrogen-bond donors (Lipinski definition) is 3. The molecule has 124 valence electrons. The Kier molecular flexibility index (Phi) is 4.53. The Morgan fingerprint density at radius 3 is 2.20 bits per heavy atom. The minimum Gasteiger partial charge on any atom is -0.424 e. The van der Waals surface area contributed by atoms with Crippen molar-refractivity contribution in [1.82, 2.24) is 0 Å². The first-order valence-electron chi connectivity index (χ1n) is 7.85. The second-order valence-corrected chi connectivity index (χ2v) is 5.75. The molecule has 1 aliphatic rings. The average molecular weight is 330 g/mol. The van der Waals surface area contributed by atoms with Gasteiger partial charge < -0.3 is 21.6 Å². The Morgan fingerprint density at radius 1 is 1.00 bits per heavy atom. The Hall–Kier alpha value is -3.52. The molecule has 5 heteroatoms. The van der Waals surface area contributed by atoms with Gasteiger partial charge in [-0.25, -0.2) is 0 Å². The lowest BCUT2D eigenvalue weighted by molar-refractivity contribution is 0.277. The van der Waals surface area contributed by atoms with Gasteiger partial charge in [-0.1, -0.05) is 60.7 Å². The van der Waals surface area contributed by atoms with E-state index >= 15 is 0 Å². The Morgan fingerprint density at radius 2 is 1.60 bits per heavy atom. The summed E-state index contributed by atoms with van der Waals surface area (Å²) >= 11 is 0. The first-order valence-corrected chi connectivity index (χ1v) is 7.85. The molecule has 2 aromatic carbocycles. The molecule has 1 heterocycles. The number of nitrogens with two attached hydrogens (primary N) is 2. The van der Waals surface area contributed by atoms with Gasteiger partial charge in [0, 0.05) is 17.7 Å². The van der Waals surface area contributed by atoms with Gasteiger partial charge in [-0.05, 0) is 11.1 Å². The highest BCUT2D eigenvalue weighted by atomic mass is 16.5. The fourth-order valence-corrected chi connectivity index (χ4v) is 2.97. The van der Waals surface area contributed by atoms with Gasteiger partial charge in [0.1, 0.15) is 11.6 Å². The van der Waals surface area contributed by atoms with Crippen molar-refractivity contribution in [2.75, 3.05) is 0 Å². The van der Waals surface area contributed by atoms with Gasteiger partial charge in [-0.2, -0.15) is 5.26 Å². The molecular formula is C20H18N4O. The van der Waals surface area contributed by atoms with E-state index in [0.29, 0.717) is 17.7 Å². The molecule has 0 aliphatic carbocycles. The normalized spacial score (nSPS) is 17.0. The van der Waals surface area contributed by atoms with Crippen LogP contribution in [-0.4, -0.2) is 5.71 Å². The van der Waals surface area contributed by atoms with Gasteiger partial charge in [-0.3, -0.25) is 0 Å². The largest absolute Gasteiger partial charge is 0.424 e. The van der Waals surface area contributed by atoms with Gasteiger partial charge >= 0.3 is 0 Å². The van der Waals surface area contributed by atoms with Crippen molar-refractivity contribution in [2.45, 2.75) is 12.3 Å². The summed E-state index contributed by atoms with van der Waals surface area (Å²) in [5.74, 6) is -0.437. The van der Waals surface area contributed by atoms with Crippen LogP contribution >= 0.6 is 0 Å². The Labute approximate surface area is 146 Å². The van der Waals surface area contributed by atoms with Crippen LogP contribution in [0.3, 0.4) is 0 Å². The molecule has 0 spiro atoms. The number of nitrogens with zero attached hydrogens (tertiary/aromatic N) is 1. The standard InChI is InChI=1S/C20H18N4O/c21-12-15-17(14-9-5-2-6-10-14)18(20(24)25-19(15)23)16(22)11-13-7-3-1-4-8-13/h1-10,17,22H,11,23-24H2. The first kappa shape index (κ1) is 16.3. The lowest BCUT2D eigenvalue weighted by Crippen LogP contribution is -2.28. The molecule has 0 fully saturated rings. The lowest BCUT2D eigenvalue weighted by Gasteiger charge is -2.28. The highest BCUT2D eigenvalue weighted by Gasteiger charge is 2.34. The number of benzene rings is 2. The molecule has 0 bridgehead atoms. The fraction of sp³-hybridized carbons (Fsp3) is 0.100. The number of nitriles is 1. The summed E-state index contributed by atoms with van der Waals surface area (Å²) in [5.41, 5.74) is 14.8. The topological polar surface area (TPSA) is 109 Å². The molecule has 1 aliphatic heterocycles. The van der Waals surface area contributed by atoms with E-state index in [1.54, 1.807) is 0 Å². The van der Waals surface area contributed by atoms with E-state index in [2.05, 4.69) is 6.07 Å². The number of hydrogen-bond acceptors (Lipinski definition) is 5. The van der Waals surface area contributed by atoms with Gasteiger partial charge in [0.2, 0.25) is 5.88 Å². The molecule has 5 nitrogen and oxygen atoms in total. The minimum absolute atomic E-state index is 0.00915. The Bertz CT molecular complexity index is 892. The van der Waals surface area contributed by atoms with Gasteiger partial charge in [-0.15, -0.1) is 0 Å². The molecule has 2 aromatic rings. The third-order valence-corrected chi connectivity index (χ3v) is 4.13. The van der Waals surface area contributed by atoms with Crippen molar-refractivity contribution in [1.29, 1.82) is 10.7 Å². The maximum Gasteiger partial charge on any atom is 0.207 e. The van der Waals surface area contributed by atoms with E-state index in [0.717, 1.165) is 11.1 Å². The van der Waals surface area contributed by atoms with E-state index < -0.39 is 5.92 Å². The second kappa shape index (κ2) is 6.93. The third-order valence-electron chi connectivity index (χ3n) is 4.13. The second-order valence-electron chi connectivity index (χ2n) is 5.75. The molecule has 1 unspecified atom stereocenters. The van der Waals surface area contributed by atoms with Crippen molar-refractivity contribution in [3.05, 3.63) is 94.7 Å². The van der Waals surface area contributed by atoms with E-state index in [9.17, 15) is 5.26 Å². The molecule has 3 rings (SSSR count). The molecule has 0 aromatic heterocycles. The lowest BCUT2D eigenvalue weighted by atomic mass is 9.80. The van der Waals surface area contributed by atoms with E-state index in [-0.39, 0.29) is 17.3 Å². The minimum atomic E-state index is -0.504. The SMILES string of the molecule is N#CC1=C(N)OC(N)=C(C(=N)Cc2ccccc2)C1c1ccccc1. The molecule has 0 amide bonds. The molecule has 0 saturated carbocycles. The first-order chi connectivity index (χ1) is 12.1. The zero-order valence-electron chi connectivity index (χ0n) is 13.6.